The summed E-state index contributed by atoms with van der Waals surface area (Å²) < 4.78 is 38.6. The molecule has 1 amide bonds. The minimum Gasteiger partial charge on any atom is -0.434 e. The van der Waals surface area contributed by atoms with Crippen molar-refractivity contribution in [1.29, 1.82) is 0 Å². The Morgan fingerprint density at radius 3 is 2.71 bits per heavy atom. The second-order valence-electron chi connectivity index (χ2n) is 10.5. The van der Waals surface area contributed by atoms with Crippen LogP contribution in [0.2, 0.25) is 5.02 Å². The highest BCUT2D eigenvalue weighted by Crippen LogP contribution is 2.39. The standard InChI is InChI=1S/C25H35ClF2N4O3/c1-6-32-21(17-8-7-16(12-24(3,4)5)11-18(17)35-23(27)28)19(26)20(31-32)22(33)30-14-25(29)10-9-15(2)13-34-25/h7-8,11,15,23H,6,9-10,12-14,29H2,1-5H3,(H,30,33)/t15-,25+/m1/s1. The number of rotatable bonds is 8. The third kappa shape index (κ3) is 6.92. The van der Waals surface area contributed by atoms with Gasteiger partial charge in [0.05, 0.1) is 23.9 Å². The van der Waals surface area contributed by atoms with Crippen LogP contribution in [0.15, 0.2) is 18.2 Å². The number of ether oxygens (including phenoxy) is 2. The molecule has 7 nitrogen and oxygen atoms in total. The topological polar surface area (TPSA) is 91.4 Å². The fourth-order valence-corrected chi connectivity index (χ4v) is 4.48. The Kier molecular flexibility index (Phi) is 8.44. The molecule has 0 aliphatic carbocycles. The number of nitrogens with one attached hydrogen (secondary N) is 1. The number of aromatic nitrogens is 2. The van der Waals surface area contributed by atoms with Crippen LogP contribution >= 0.6 is 11.6 Å². The lowest BCUT2D eigenvalue weighted by molar-refractivity contribution is -0.0905. The average molecular weight is 513 g/mol. The smallest absolute Gasteiger partial charge is 0.387 e. The van der Waals surface area contributed by atoms with Crippen molar-refractivity contribution in [2.75, 3.05) is 13.2 Å². The second-order valence-corrected chi connectivity index (χ2v) is 10.9. The molecule has 1 aliphatic rings. The van der Waals surface area contributed by atoms with Gasteiger partial charge in [0.15, 0.2) is 5.69 Å². The normalized spacial score (nSPS) is 20.8. The van der Waals surface area contributed by atoms with Crippen LogP contribution in [0.25, 0.3) is 11.3 Å². The first-order chi connectivity index (χ1) is 16.3. The molecular formula is C25H35ClF2N4O3. The molecule has 1 saturated heterocycles. The maximum atomic E-state index is 13.3. The lowest BCUT2D eigenvalue weighted by Gasteiger charge is -2.36. The summed E-state index contributed by atoms with van der Waals surface area (Å²) in [5.74, 6) is -0.119. The molecule has 0 unspecified atom stereocenters. The average Bonchev–Trinajstić information content (AvgIpc) is 3.09. The van der Waals surface area contributed by atoms with E-state index in [1.54, 1.807) is 12.1 Å². The SMILES string of the molecule is CCn1nc(C(=O)NC[C@]2(N)CC[C@@H](C)CO2)c(Cl)c1-c1ccc(CC(C)(C)C)cc1OC(F)F. The van der Waals surface area contributed by atoms with Crippen molar-refractivity contribution in [3.05, 3.63) is 34.5 Å². The van der Waals surface area contributed by atoms with Gasteiger partial charge in [0, 0.05) is 12.1 Å². The van der Waals surface area contributed by atoms with Gasteiger partial charge in [0.1, 0.15) is 11.5 Å². The molecular weight excluding hydrogens is 478 g/mol. The molecule has 194 valence electrons. The number of carbonyl (C=O) groups is 1. The van der Waals surface area contributed by atoms with Crippen LogP contribution in [0.4, 0.5) is 8.78 Å². The van der Waals surface area contributed by atoms with Gasteiger partial charge in [-0.2, -0.15) is 13.9 Å². The lowest BCUT2D eigenvalue weighted by Crippen LogP contribution is -2.55. The molecule has 1 aromatic carbocycles. The summed E-state index contributed by atoms with van der Waals surface area (Å²) in [6, 6.07) is 5.12. The molecule has 1 aliphatic heterocycles. The number of alkyl halides is 2. The zero-order valence-corrected chi connectivity index (χ0v) is 21.7. The molecule has 10 heteroatoms. The maximum Gasteiger partial charge on any atom is 0.387 e. The van der Waals surface area contributed by atoms with E-state index in [2.05, 4.69) is 38.1 Å². The first-order valence-corrected chi connectivity index (χ1v) is 12.2. The van der Waals surface area contributed by atoms with E-state index in [0.29, 0.717) is 43.2 Å². The van der Waals surface area contributed by atoms with Crippen molar-refractivity contribution in [3.63, 3.8) is 0 Å². The number of aryl methyl sites for hydroxylation is 1. The fraction of sp³-hybridized carbons (Fsp3) is 0.600. The Balaban J connectivity index is 1.91. The molecule has 3 N–H and O–H groups in total. The van der Waals surface area contributed by atoms with Gasteiger partial charge in [-0.1, -0.05) is 45.4 Å². The Labute approximate surface area is 210 Å². The Morgan fingerprint density at radius 1 is 1.43 bits per heavy atom. The number of benzene rings is 1. The molecule has 2 aromatic rings. The number of nitrogens with zero attached hydrogens (tertiary/aromatic N) is 2. The van der Waals surface area contributed by atoms with E-state index < -0.39 is 18.2 Å². The molecule has 3 rings (SSSR count). The summed E-state index contributed by atoms with van der Waals surface area (Å²) >= 11 is 6.62. The Hall–Kier alpha value is -2.23. The van der Waals surface area contributed by atoms with E-state index >= 15 is 0 Å². The Bertz CT molecular complexity index is 1040. The summed E-state index contributed by atoms with van der Waals surface area (Å²) in [5.41, 5.74) is 6.79. The zero-order chi connectivity index (χ0) is 26.0. The maximum absolute atomic E-state index is 13.3. The molecule has 2 atom stereocenters. The van der Waals surface area contributed by atoms with Crippen molar-refractivity contribution >= 4 is 17.5 Å². The van der Waals surface area contributed by atoms with Crippen molar-refractivity contribution in [3.8, 4) is 17.0 Å². The summed E-state index contributed by atoms with van der Waals surface area (Å²) in [6.07, 6.45) is 2.19. The van der Waals surface area contributed by atoms with E-state index in [1.807, 2.05) is 13.0 Å². The van der Waals surface area contributed by atoms with Crippen LogP contribution in [0, 0.1) is 11.3 Å². The quantitative estimate of drug-likeness (QED) is 0.504. The molecule has 0 bridgehead atoms. The van der Waals surface area contributed by atoms with Crippen molar-refractivity contribution in [2.24, 2.45) is 17.1 Å². The summed E-state index contributed by atoms with van der Waals surface area (Å²) in [5, 5.41) is 7.17. The van der Waals surface area contributed by atoms with Crippen LogP contribution in [0.5, 0.6) is 5.75 Å². The zero-order valence-electron chi connectivity index (χ0n) is 21.0. The third-order valence-corrected chi connectivity index (χ3v) is 6.28. The molecule has 35 heavy (non-hydrogen) atoms. The molecule has 1 fully saturated rings. The van der Waals surface area contributed by atoms with Gasteiger partial charge in [-0.05, 0) is 55.2 Å². The monoisotopic (exact) mass is 512 g/mol. The van der Waals surface area contributed by atoms with Crippen molar-refractivity contribution < 1.29 is 23.0 Å². The van der Waals surface area contributed by atoms with E-state index in [0.717, 1.165) is 12.0 Å². The number of amides is 1. The van der Waals surface area contributed by atoms with Crippen molar-refractivity contribution in [2.45, 2.75) is 72.8 Å². The number of hydrogen-bond acceptors (Lipinski definition) is 5. The molecule has 0 spiro atoms. The number of halogens is 3. The van der Waals surface area contributed by atoms with E-state index in [9.17, 15) is 13.6 Å². The minimum atomic E-state index is -3.02. The minimum absolute atomic E-state index is 0.0157. The summed E-state index contributed by atoms with van der Waals surface area (Å²) in [4.78, 5) is 13.0. The predicted octanol–water partition coefficient (Wildman–Crippen LogP) is 5.24. The summed E-state index contributed by atoms with van der Waals surface area (Å²) in [7, 11) is 0. The van der Waals surface area contributed by atoms with Gasteiger partial charge in [0.25, 0.3) is 5.91 Å². The molecule has 0 radical (unpaired) electrons. The van der Waals surface area contributed by atoms with Gasteiger partial charge in [-0.25, -0.2) is 0 Å². The van der Waals surface area contributed by atoms with Gasteiger partial charge in [-0.15, -0.1) is 0 Å². The van der Waals surface area contributed by atoms with Crippen LogP contribution in [0.1, 0.15) is 63.5 Å². The largest absolute Gasteiger partial charge is 0.434 e. The third-order valence-electron chi connectivity index (χ3n) is 5.92. The lowest BCUT2D eigenvalue weighted by atomic mass is 9.87. The van der Waals surface area contributed by atoms with E-state index in [-0.39, 0.29) is 28.4 Å². The highest BCUT2D eigenvalue weighted by Gasteiger charge is 2.33. The number of carbonyl (C=O) groups excluding carboxylic acids is 1. The van der Waals surface area contributed by atoms with E-state index in [1.165, 1.54) is 4.68 Å². The van der Waals surface area contributed by atoms with Crippen LogP contribution in [-0.4, -0.2) is 41.2 Å². The molecule has 1 aromatic heterocycles. The van der Waals surface area contributed by atoms with Gasteiger partial charge in [-0.3, -0.25) is 9.48 Å². The highest BCUT2D eigenvalue weighted by molar-refractivity contribution is 6.36. The number of nitrogens with two attached hydrogens (primary N) is 1. The van der Waals surface area contributed by atoms with Crippen LogP contribution in [0.3, 0.4) is 0 Å². The van der Waals surface area contributed by atoms with Gasteiger partial charge < -0.3 is 20.5 Å². The molecule has 2 heterocycles. The number of hydrogen-bond donors (Lipinski definition) is 2. The summed E-state index contributed by atoms with van der Waals surface area (Å²) in [6.45, 7) is 8.07. The second kappa shape index (κ2) is 10.8. The molecule has 0 saturated carbocycles. The van der Waals surface area contributed by atoms with Crippen molar-refractivity contribution in [1.82, 2.24) is 15.1 Å². The van der Waals surface area contributed by atoms with Gasteiger partial charge >= 0.3 is 6.61 Å². The Morgan fingerprint density at radius 2 is 2.14 bits per heavy atom. The van der Waals surface area contributed by atoms with Crippen LogP contribution in [-0.2, 0) is 17.7 Å². The first-order valence-electron chi connectivity index (χ1n) is 11.9. The first kappa shape index (κ1) is 27.4. The van der Waals surface area contributed by atoms with E-state index in [4.69, 9.17) is 26.8 Å². The predicted molar refractivity (Wildman–Crippen MR) is 132 cm³/mol. The van der Waals surface area contributed by atoms with Crippen LogP contribution < -0.4 is 15.8 Å². The fourth-order valence-electron chi connectivity index (χ4n) is 4.16. The highest BCUT2D eigenvalue weighted by atomic mass is 35.5. The van der Waals surface area contributed by atoms with Gasteiger partial charge in [0.2, 0.25) is 0 Å².